The molecule has 2 rings (SSSR count). The van der Waals surface area contributed by atoms with Crippen molar-refractivity contribution in [2.24, 2.45) is 0 Å². The number of rotatable bonds is 2. The van der Waals surface area contributed by atoms with Crippen LogP contribution in [0.2, 0.25) is 0 Å². The summed E-state index contributed by atoms with van der Waals surface area (Å²) in [6, 6.07) is 8.77. The number of carbonyl (C=O) groups excluding carboxylic acids is 1. The van der Waals surface area contributed by atoms with Crippen LogP contribution in [0.1, 0.15) is 16.1 Å². The van der Waals surface area contributed by atoms with Crippen LogP contribution in [0.15, 0.2) is 30.5 Å². The minimum atomic E-state index is -0.537. The SMILES string of the molecule is COC(=O)c1cn(-c2ccc(C#N)cc2)nn1. The van der Waals surface area contributed by atoms with Gasteiger partial charge in [-0.2, -0.15) is 5.26 Å². The Morgan fingerprint density at radius 1 is 1.41 bits per heavy atom. The third-order valence-corrected chi connectivity index (χ3v) is 2.15. The smallest absolute Gasteiger partial charge is 0.360 e. The molecule has 0 saturated carbocycles. The minimum Gasteiger partial charge on any atom is -0.464 e. The molecule has 0 spiro atoms. The summed E-state index contributed by atoms with van der Waals surface area (Å²) >= 11 is 0. The van der Waals surface area contributed by atoms with Crippen molar-refractivity contribution in [3.63, 3.8) is 0 Å². The molecule has 0 aliphatic carbocycles. The number of hydrogen-bond acceptors (Lipinski definition) is 5. The summed E-state index contributed by atoms with van der Waals surface area (Å²) < 4.78 is 5.96. The predicted octanol–water partition coefficient (Wildman–Crippen LogP) is 0.926. The van der Waals surface area contributed by atoms with Gasteiger partial charge in [-0.05, 0) is 24.3 Å². The fraction of sp³-hybridized carbons (Fsp3) is 0.0909. The van der Waals surface area contributed by atoms with Crippen LogP contribution in [0.5, 0.6) is 0 Å². The van der Waals surface area contributed by atoms with E-state index >= 15 is 0 Å². The van der Waals surface area contributed by atoms with Crippen LogP contribution in [0, 0.1) is 11.3 Å². The summed E-state index contributed by atoms with van der Waals surface area (Å²) in [5.41, 5.74) is 1.41. The zero-order valence-corrected chi connectivity index (χ0v) is 8.99. The first kappa shape index (κ1) is 10.8. The molecule has 0 aliphatic heterocycles. The van der Waals surface area contributed by atoms with Gasteiger partial charge >= 0.3 is 5.97 Å². The molecule has 1 heterocycles. The van der Waals surface area contributed by atoms with Gasteiger partial charge in [0, 0.05) is 0 Å². The van der Waals surface area contributed by atoms with Crippen molar-refractivity contribution in [3.05, 3.63) is 41.7 Å². The van der Waals surface area contributed by atoms with Crippen LogP contribution in [0.25, 0.3) is 5.69 Å². The van der Waals surface area contributed by atoms with Crippen LogP contribution in [-0.4, -0.2) is 28.1 Å². The van der Waals surface area contributed by atoms with E-state index in [1.54, 1.807) is 24.3 Å². The molecule has 17 heavy (non-hydrogen) atoms. The van der Waals surface area contributed by atoms with Crippen molar-refractivity contribution >= 4 is 5.97 Å². The number of benzene rings is 1. The fourth-order valence-electron chi connectivity index (χ4n) is 1.28. The third kappa shape index (κ3) is 2.13. The molecule has 0 atom stereocenters. The van der Waals surface area contributed by atoms with Gasteiger partial charge < -0.3 is 4.74 Å². The van der Waals surface area contributed by atoms with E-state index in [-0.39, 0.29) is 5.69 Å². The van der Waals surface area contributed by atoms with Crippen molar-refractivity contribution < 1.29 is 9.53 Å². The Morgan fingerprint density at radius 2 is 2.12 bits per heavy atom. The van der Waals surface area contributed by atoms with Gasteiger partial charge in [-0.1, -0.05) is 5.21 Å². The average molecular weight is 228 g/mol. The van der Waals surface area contributed by atoms with Gasteiger partial charge in [-0.3, -0.25) is 0 Å². The minimum absolute atomic E-state index is 0.136. The number of nitriles is 1. The average Bonchev–Trinajstić information content (AvgIpc) is 2.87. The Labute approximate surface area is 97.0 Å². The summed E-state index contributed by atoms with van der Waals surface area (Å²) in [4.78, 5) is 11.2. The Morgan fingerprint density at radius 3 is 2.71 bits per heavy atom. The van der Waals surface area contributed by atoms with Crippen LogP contribution in [-0.2, 0) is 4.74 Å². The van der Waals surface area contributed by atoms with Gasteiger partial charge in [0.15, 0.2) is 5.69 Å². The molecule has 0 bridgehead atoms. The van der Waals surface area contributed by atoms with E-state index in [1.165, 1.54) is 18.0 Å². The summed E-state index contributed by atoms with van der Waals surface area (Å²) in [5.74, 6) is -0.537. The second-order valence-electron chi connectivity index (χ2n) is 3.20. The number of ether oxygens (including phenoxy) is 1. The number of aromatic nitrogens is 3. The van der Waals surface area contributed by atoms with Gasteiger partial charge in [0.2, 0.25) is 0 Å². The lowest BCUT2D eigenvalue weighted by Crippen LogP contribution is -2.01. The van der Waals surface area contributed by atoms with Crippen molar-refractivity contribution in [2.75, 3.05) is 7.11 Å². The van der Waals surface area contributed by atoms with E-state index in [0.717, 1.165) is 0 Å². The molecule has 0 N–H and O–H groups in total. The van der Waals surface area contributed by atoms with E-state index in [4.69, 9.17) is 5.26 Å². The molecule has 84 valence electrons. The van der Waals surface area contributed by atoms with Crippen molar-refractivity contribution in [3.8, 4) is 11.8 Å². The monoisotopic (exact) mass is 228 g/mol. The van der Waals surface area contributed by atoms with Crippen LogP contribution < -0.4 is 0 Å². The molecular formula is C11H8N4O2. The highest BCUT2D eigenvalue weighted by Gasteiger charge is 2.11. The van der Waals surface area contributed by atoms with Crippen LogP contribution in [0.3, 0.4) is 0 Å². The standard InChI is InChI=1S/C11H8N4O2/c1-17-11(16)10-7-15(14-13-10)9-4-2-8(6-12)3-5-9/h2-5,7H,1H3. The van der Waals surface area contributed by atoms with E-state index in [2.05, 4.69) is 15.0 Å². The summed E-state index contributed by atoms with van der Waals surface area (Å²) in [5, 5.41) is 16.1. The number of nitrogens with zero attached hydrogens (tertiary/aromatic N) is 4. The number of carbonyl (C=O) groups is 1. The van der Waals surface area contributed by atoms with Crippen molar-refractivity contribution in [2.45, 2.75) is 0 Å². The number of hydrogen-bond donors (Lipinski definition) is 0. The molecular weight excluding hydrogens is 220 g/mol. The molecule has 0 aliphatic rings. The molecule has 2 aromatic rings. The van der Waals surface area contributed by atoms with Gasteiger partial charge in [-0.15, -0.1) is 5.10 Å². The van der Waals surface area contributed by atoms with E-state index in [0.29, 0.717) is 11.3 Å². The molecule has 0 fully saturated rings. The summed E-state index contributed by atoms with van der Waals surface area (Å²) in [7, 11) is 1.28. The normalized spacial score (nSPS) is 9.65. The van der Waals surface area contributed by atoms with Gasteiger partial charge in [0.05, 0.1) is 30.6 Å². The maximum absolute atomic E-state index is 11.2. The lowest BCUT2D eigenvalue weighted by atomic mass is 10.2. The first-order valence-corrected chi connectivity index (χ1v) is 4.76. The molecule has 6 heteroatoms. The molecule has 0 amide bonds. The Bertz CT molecular complexity index is 580. The lowest BCUT2D eigenvalue weighted by Gasteiger charge is -1.98. The fourth-order valence-corrected chi connectivity index (χ4v) is 1.28. The summed E-state index contributed by atoms with van der Waals surface area (Å²) in [6.07, 6.45) is 1.47. The van der Waals surface area contributed by atoms with Gasteiger partial charge in [-0.25, -0.2) is 9.48 Å². The van der Waals surface area contributed by atoms with E-state index < -0.39 is 5.97 Å². The highest BCUT2D eigenvalue weighted by Crippen LogP contribution is 2.08. The Hall–Kier alpha value is -2.68. The van der Waals surface area contributed by atoms with Crippen LogP contribution in [0.4, 0.5) is 0 Å². The van der Waals surface area contributed by atoms with Gasteiger partial charge in [0.1, 0.15) is 0 Å². The van der Waals surface area contributed by atoms with Crippen molar-refractivity contribution in [1.29, 1.82) is 5.26 Å². The topological polar surface area (TPSA) is 80.8 Å². The Kier molecular flexibility index (Phi) is 2.83. The first-order valence-electron chi connectivity index (χ1n) is 4.76. The molecule has 1 aromatic heterocycles. The zero-order valence-electron chi connectivity index (χ0n) is 8.99. The van der Waals surface area contributed by atoms with Crippen molar-refractivity contribution in [1.82, 2.24) is 15.0 Å². The van der Waals surface area contributed by atoms with E-state index in [1.807, 2.05) is 6.07 Å². The number of esters is 1. The van der Waals surface area contributed by atoms with Gasteiger partial charge in [0.25, 0.3) is 0 Å². The third-order valence-electron chi connectivity index (χ3n) is 2.15. The first-order chi connectivity index (χ1) is 8.24. The number of methoxy groups -OCH3 is 1. The maximum atomic E-state index is 11.2. The largest absolute Gasteiger partial charge is 0.464 e. The lowest BCUT2D eigenvalue weighted by molar-refractivity contribution is 0.0594. The second kappa shape index (κ2) is 4.45. The molecule has 0 unspecified atom stereocenters. The zero-order chi connectivity index (χ0) is 12.3. The predicted molar refractivity (Wildman–Crippen MR) is 57.4 cm³/mol. The van der Waals surface area contributed by atoms with Crippen LogP contribution >= 0.6 is 0 Å². The molecule has 1 aromatic carbocycles. The quantitative estimate of drug-likeness (QED) is 0.714. The molecule has 0 radical (unpaired) electrons. The summed E-state index contributed by atoms with van der Waals surface area (Å²) in [6.45, 7) is 0. The second-order valence-corrected chi connectivity index (χ2v) is 3.20. The highest BCUT2D eigenvalue weighted by molar-refractivity contribution is 5.86. The maximum Gasteiger partial charge on any atom is 0.360 e. The molecule has 6 nitrogen and oxygen atoms in total. The Balaban J connectivity index is 2.31. The highest BCUT2D eigenvalue weighted by atomic mass is 16.5. The molecule has 0 saturated heterocycles. The van der Waals surface area contributed by atoms with E-state index in [9.17, 15) is 4.79 Å².